The largest absolute Gasteiger partial charge is 0.491 e. The molecule has 0 radical (unpaired) electrons. The molecule has 31 heavy (non-hydrogen) atoms. The van der Waals surface area contributed by atoms with Gasteiger partial charge in [-0.25, -0.2) is 4.79 Å². The third-order valence-corrected chi connectivity index (χ3v) is 3.89. The number of methoxy groups -OCH3 is 1. The van der Waals surface area contributed by atoms with E-state index in [2.05, 4.69) is 10.9 Å². The van der Waals surface area contributed by atoms with Crippen LogP contribution in [0.15, 0.2) is 48.5 Å². The van der Waals surface area contributed by atoms with Crippen LogP contribution in [-0.4, -0.2) is 51.3 Å². The van der Waals surface area contributed by atoms with Crippen LogP contribution in [0.1, 0.15) is 34.1 Å². The van der Waals surface area contributed by atoms with Gasteiger partial charge in [0.25, 0.3) is 11.8 Å². The van der Waals surface area contributed by atoms with Crippen molar-refractivity contribution in [2.24, 2.45) is 0 Å². The molecule has 0 saturated heterocycles. The lowest BCUT2D eigenvalue weighted by molar-refractivity contribution is -0.123. The number of nitrogens with one attached hydrogen (secondary N) is 2. The Labute approximate surface area is 180 Å². The SMILES string of the molecule is CCCOC(=O)c1ccc(OCC(=O)NNC(=O)c2ccc(OCCOC)cc2)cc1. The van der Waals surface area contributed by atoms with Gasteiger partial charge < -0.3 is 18.9 Å². The first-order valence-electron chi connectivity index (χ1n) is 9.74. The zero-order chi connectivity index (χ0) is 22.5. The molecule has 9 nitrogen and oxygen atoms in total. The van der Waals surface area contributed by atoms with Crippen LogP contribution in [0.25, 0.3) is 0 Å². The highest BCUT2D eigenvalue weighted by Gasteiger charge is 2.10. The number of hydrazine groups is 1. The molecule has 0 spiro atoms. The molecule has 2 rings (SSSR count). The van der Waals surface area contributed by atoms with Crippen molar-refractivity contribution in [3.63, 3.8) is 0 Å². The summed E-state index contributed by atoms with van der Waals surface area (Å²) in [6, 6.07) is 12.7. The van der Waals surface area contributed by atoms with Gasteiger partial charge in [0.2, 0.25) is 0 Å². The number of benzene rings is 2. The van der Waals surface area contributed by atoms with E-state index in [4.69, 9.17) is 18.9 Å². The first-order chi connectivity index (χ1) is 15.0. The number of hydrogen-bond acceptors (Lipinski definition) is 7. The monoisotopic (exact) mass is 430 g/mol. The molecule has 2 aromatic carbocycles. The minimum atomic E-state index is -0.542. The molecule has 0 atom stereocenters. The van der Waals surface area contributed by atoms with Crippen LogP contribution in [-0.2, 0) is 14.3 Å². The van der Waals surface area contributed by atoms with Gasteiger partial charge in [-0.3, -0.25) is 20.4 Å². The van der Waals surface area contributed by atoms with Crippen molar-refractivity contribution in [1.29, 1.82) is 0 Å². The highest BCUT2D eigenvalue weighted by atomic mass is 16.5. The maximum absolute atomic E-state index is 12.1. The minimum absolute atomic E-state index is 0.313. The van der Waals surface area contributed by atoms with Crippen LogP contribution in [0.5, 0.6) is 11.5 Å². The van der Waals surface area contributed by atoms with E-state index in [0.29, 0.717) is 42.4 Å². The molecule has 0 aliphatic heterocycles. The van der Waals surface area contributed by atoms with E-state index in [-0.39, 0.29) is 6.61 Å². The Hall–Kier alpha value is -3.59. The van der Waals surface area contributed by atoms with Crippen molar-refractivity contribution in [3.05, 3.63) is 59.7 Å². The van der Waals surface area contributed by atoms with Crippen LogP contribution in [0, 0.1) is 0 Å². The molecule has 0 aromatic heterocycles. The second-order valence-electron chi connectivity index (χ2n) is 6.32. The van der Waals surface area contributed by atoms with E-state index in [9.17, 15) is 14.4 Å². The summed E-state index contributed by atoms with van der Waals surface area (Å²) < 4.78 is 20.7. The maximum atomic E-state index is 12.1. The van der Waals surface area contributed by atoms with Gasteiger partial charge in [-0.05, 0) is 55.0 Å². The smallest absolute Gasteiger partial charge is 0.338 e. The molecule has 0 aliphatic carbocycles. The van der Waals surface area contributed by atoms with E-state index in [1.807, 2.05) is 6.92 Å². The van der Waals surface area contributed by atoms with Crippen LogP contribution >= 0.6 is 0 Å². The zero-order valence-electron chi connectivity index (χ0n) is 17.5. The van der Waals surface area contributed by atoms with E-state index in [0.717, 1.165) is 6.42 Å². The molecule has 9 heteroatoms. The summed E-state index contributed by atoms with van der Waals surface area (Å²) in [6.45, 7) is 2.82. The summed E-state index contributed by atoms with van der Waals surface area (Å²) in [7, 11) is 1.58. The Balaban J connectivity index is 1.72. The molecule has 0 aliphatic rings. The van der Waals surface area contributed by atoms with Crippen molar-refractivity contribution in [3.8, 4) is 11.5 Å². The number of carbonyl (C=O) groups excluding carboxylic acids is 3. The Bertz CT molecular complexity index is 851. The van der Waals surface area contributed by atoms with Crippen molar-refractivity contribution in [2.45, 2.75) is 13.3 Å². The lowest BCUT2D eigenvalue weighted by atomic mass is 10.2. The number of ether oxygens (including phenoxy) is 4. The predicted octanol–water partition coefficient (Wildman–Crippen LogP) is 2.12. The van der Waals surface area contributed by atoms with Gasteiger partial charge >= 0.3 is 5.97 Å². The molecular weight excluding hydrogens is 404 g/mol. The molecule has 0 bridgehead atoms. The van der Waals surface area contributed by atoms with Gasteiger partial charge in [0.1, 0.15) is 18.1 Å². The van der Waals surface area contributed by atoms with Crippen LogP contribution in [0.3, 0.4) is 0 Å². The van der Waals surface area contributed by atoms with Crippen LogP contribution in [0.4, 0.5) is 0 Å². The second kappa shape index (κ2) is 12.9. The summed E-state index contributed by atoms with van der Waals surface area (Å²) in [5.74, 6) is -0.428. The second-order valence-corrected chi connectivity index (χ2v) is 6.32. The highest BCUT2D eigenvalue weighted by molar-refractivity contribution is 5.95. The van der Waals surface area contributed by atoms with Crippen molar-refractivity contribution < 1.29 is 33.3 Å². The van der Waals surface area contributed by atoms with Crippen molar-refractivity contribution in [2.75, 3.05) is 33.5 Å². The molecule has 166 valence electrons. The molecule has 2 N–H and O–H groups in total. The molecule has 0 unspecified atom stereocenters. The molecule has 2 aromatic rings. The normalized spacial score (nSPS) is 10.1. The summed E-state index contributed by atoms with van der Waals surface area (Å²) in [6.07, 6.45) is 0.743. The fourth-order valence-corrected chi connectivity index (χ4v) is 2.29. The average molecular weight is 430 g/mol. The number of hydrogen-bond donors (Lipinski definition) is 2. The predicted molar refractivity (Wildman–Crippen MR) is 112 cm³/mol. The van der Waals surface area contributed by atoms with Gasteiger partial charge in [0, 0.05) is 12.7 Å². The maximum Gasteiger partial charge on any atom is 0.338 e. The van der Waals surface area contributed by atoms with Crippen LogP contribution < -0.4 is 20.3 Å². The van der Waals surface area contributed by atoms with Crippen molar-refractivity contribution >= 4 is 17.8 Å². The van der Waals surface area contributed by atoms with Gasteiger partial charge in [-0.15, -0.1) is 0 Å². The summed E-state index contributed by atoms with van der Waals surface area (Å²) >= 11 is 0. The Morgan fingerprint density at radius 1 is 0.774 bits per heavy atom. The number of rotatable bonds is 11. The number of amides is 2. The number of carbonyl (C=O) groups is 3. The Morgan fingerprint density at radius 2 is 1.39 bits per heavy atom. The van der Waals surface area contributed by atoms with Crippen LogP contribution in [0.2, 0.25) is 0 Å². The van der Waals surface area contributed by atoms with Gasteiger partial charge in [0.15, 0.2) is 6.61 Å². The van der Waals surface area contributed by atoms with Gasteiger partial charge in [-0.2, -0.15) is 0 Å². The van der Waals surface area contributed by atoms with E-state index in [1.54, 1.807) is 55.6 Å². The highest BCUT2D eigenvalue weighted by Crippen LogP contribution is 2.13. The third-order valence-electron chi connectivity index (χ3n) is 3.89. The lowest BCUT2D eigenvalue weighted by Crippen LogP contribution is -2.43. The zero-order valence-corrected chi connectivity index (χ0v) is 17.5. The summed E-state index contributed by atoms with van der Waals surface area (Å²) in [4.78, 5) is 35.7. The Kier molecular flexibility index (Phi) is 9.83. The fraction of sp³-hybridized carbons (Fsp3) is 0.318. The molecule has 2 amide bonds. The molecule has 0 heterocycles. The Morgan fingerprint density at radius 3 is 2.00 bits per heavy atom. The summed E-state index contributed by atoms with van der Waals surface area (Å²) in [5, 5.41) is 0. The van der Waals surface area contributed by atoms with E-state index < -0.39 is 17.8 Å². The fourth-order valence-electron chi connectivity index (χ4n) is 2.29. The lowest BCUT2D eigenvalue weighted by Gasteiger charge is -2.10. The molecule has 0 saturated carbocycles. The first kappa shape index (κ1) is 23.7. The van der Waals surface area contributed by atoms with Gasteiger partial charge in [0.05, 0.1) is 18.8 Å². The van der Waals surface area contributed by atoms with E-state index in [1.165, 1.54) is 0 Å². The topological polar surface area (TPSA) is 112 Å². The standard InChI is InChI=1S/C22H26N2O7/c1-3-12-30-22(27)17-6-10-19(11-7-17)31-15-20(25)23-24-21(26)16-4-8-18(9-5-16)29-14-13-28-2/h4-11H,3,12-15H2,1-2H3,(H,23,25)(H,24,26). The minimum Gasteiger partial charge on any atom is -0.491 e. The first-order valence-corrected chi connectivity index (χ1v) is 9.74. The molecule has 0 fully saturated rings. The molecular formula is C22H26N2O7. The third kappa shape index (κ3) is 8.35. The number of esters is 1. The average Bonchev–Trinajstić information content (AvgIpc) is 2.80. The van der Waals surface area contributed by atoms with E-state index >= 15 is 0 Å². The summed E-state index contributed by atoms with van der Waals surface area (Å²) in [5.41, 5.74) is 5.33. The quantitative estimate of drug-likeness (QED) is 0.319. The van der Waals surface area contributed by atoms with Gasteiger partial charge in [-0.1, -0.05) is 6.92 Å². The van der Waals surface area contributed by atoms with Crippen molar-refractivity contribution in [1.82, 2.24) is 10.9 Å².